The minimum Gasteiger partial charge on any atom is -0.507 e. The number of aromatic hydroxyl groups is 1. The molecule has 3 rings (SSSR count). The average Bonchev–Trinajstić information content (AvgIpc) is 2.68. The van der Waals surface area contributed by atoms with Gasteiger partial charge >= 0.3 is 0 Å². The second-order valence-corrected chi connectivity index (χ2v) is 7.51. The van der Waals surface area contributed by atoms with Crippen LogP contribution in [0.4, 0.5) is 0 Å². The summed E-state index contributed by atoms with van der Waals surface area (Å²) in [4.78, 5) is 13.5. The van der Waals surface area contributed by atoms with E-state index >= 15 is 0 Å². The molecule has 0 saturated carbocycles. The Hall–Kier alpha value is -2.37. The number of amides is 1. The van der Waals surface area contributed by atoms with Crippen LogP contribution in [0.5, 0.6) is 5.75 Å². The normalized spacial score (nSPS) is 18.1. The fraction of sp³-hybridized carbons (Fsp3) is 0.409. The zero-order chi connectivity index (χ0) is 19.4. The molecule has 2 atom stereocenters. The first-order chi connectivity index (χ1) is 13.0. The number of aliphatic hydroxyl groups excluding tert-OH is 1. The Kier molecular flexibility index (Phi) is 6.14. The zero-order valence-corrected chi connectivity index (χ0v) is 15.7. The van der Waals surface area contributed by atoms with Crippen LogP contribution in [0.1, 0.15) is 47.2 Å². The number of carbonyl (C=O) groups excluding carboxylic acids is 1. The minimum absolute atomic E-state index is 0.0909. The SMILES string of the molecule is CC(c1ccc(O)c(C(N)=O)c1)C(O)N1CCC(Cc2ccccc2)CC1. The van der Waals surface area contributed by atoms with Gasteiger partial charge in [-0.3, -0.25) is 9.69 Å². The van der Waals surface area contributed by atoms with Gasteiger partial charge in [0.05, 0.1) is 5.56 Å². The van der Waals surface area contributed by atoms with Gasteiger partial charge in [-0.05, 0) is 48.4 Å². The van der Waals surface area contributed by atoms with Crippen molar-refractivity contribution in [2.45, 2.75) is 38.3 Å². The van der Waals surface area contributed by atoms with E-state index in [-0.39, 0.29) is 17.2 Å². The Morgan fingerprint density at radius 3 is 2.48 bits per heavy atom. The monoisotopic (exact) mass is 368 g/mol. The molecule has 0 aliphatic carbocycles. The number of piperidine rings is 1. The summed E-state index contributed by atoms with van der Waals surface area (Å²) < 4.78 is 0. The largest absolute Gasteiger partial charge is 0.507 e. The molecule has 0 radical (unpaired) electrons. The van der Waals surface area contributed by atoms with Crippen LogP contribution >= 0.6 is 0 Å². The van der Waals surface area contributed by atoms with Crippen molar-refractivity contribution in [1.82, 2.24) is 4.90 Å². The van der Waals surface area contributed by atoms with Crippen molar-refractivity contribution in [3.8, 4) is 5.75 Å². The number of benzene rings is 2. The standard InChI is InChI=1S/C22H28N2O3/c1-15(18-7-8-20(25)19(14-18)21(23)26)22(27)24-11-9-17(10-12-24)13-16-5-3-2-4-6-16/h2-8,14-15,17,22,25,27H,9-13H2,1H3,(H2,23,26). The molecule has 1 amide bonds. The van der Waals surface area contributed by atoms with Gasteiger partial charge in [0.1, 0.15) is 12.0 Å². The van der Waals surface area contributed by atoms with Crippen LogP contribution in [0.25, 0.3) is 0 Å². The number of rotatable bonds is 6. The van der Waals surface area contributed by atoms with Gasteiger partial charge in [-0.15, -0.1) is 0 Å². The molecule has 1 saturated heterocycles. The predicted molar refractivity (Wildman–Crippen MR) is 105 cm³/mol. The van der Waals surface area contributed by atoms with E-state index < -0.39 is 12.1 Å². The topological polar surface area (TPSA) is 86.8 Å². The lowest BCUT2D eigenvalue weighted by atomic mass is 9.89. The van der Waals surface area contributed by atoms with E-state index in [1.165, 1.54) is 11.6 Å². The number of phenols is 1. The van der Waals surface area contributed by atoms with Crippen molar-refractivity contribution in [2.75, 3.05) is 13.1 Å². The van der Waals surface area contributed by atoms with E-state index in [4.69, 9.17) is 5.73 Å². The smallest absolute Gasteiger partial charge is 0.252 e. The summed E-state index contributed by atoms with van der Waals surface area (Å²) in [5.74, 6) is -0.344. The Bertz CT molecular complexity index is 770. The summed E-state index contributed by atoms with van der Waals surface area (Å²) in [6, 6.07) is 15.3. The van der Waals surface area contributed by atoms with Crippen molar-refractivity contribution in [2.24, 2.45) is 11.7 Å². The highest BCUT2D eigenvalue weighted by atomic mass is 16.3. The first-order valence-corrected chi connectivity index (χ1v) is 9.54. The molecule has 144 valence electrons. The van der Waals surface area contributed by atoms with Gasteiger partial charge in [-0.25, -0.2) is 0 Å². The van der Waals surface area contributed by atoms with E-state index in [1.54, 1.807) is 12.1 Å². The van der Waals surface area contributed by atoms with Gasteiger partial charge in [0.15, 0.2) is 0 Å². The molecule has 1 aliphatic heterocycles. The maximum Gasteiger partial charge on any atom is 0.252 e. The van der Waals surface area contributed by atoms with Gasteiger partial charge in [0.2, 0.25) is 0 Å². The maximum atomic E-state index is 11.4. The van der Waals surface area contributed by atoms with Gasteiger partial charge in [-0.2, -0.15) is 0 Å². The maximum absolute atomic E-state index is 11.4. The van der Waals surface area contributed by atoms with Gasteiger partial charge in [-0.1, -0.05) is 43.3 Å². The molecule has 1 fully saturated rings. The lowest BCUT2D eigenvalue weighted by Crippen LogP contribution is -2.44. The molecule has 2 aromatic carbocycles. The lowest BCUT2D eigenvalue weighted by molar-refractivity contribution is -0.0313. The Morgan fingerprint density at radius 2 is 1.85 bits per heavy atom. The van der Waals surface area contributed by atoms with Crippen LogP contribution in [0.15, 0.2) is 48.5 Å². The molecule has 2 unspecified atom stereocenters. The van der Waals surface area contributed by atoms with Crippen molar-refractivity contribution >= 4 is 5.91 Å². The fourth-order valence-electron chi connectivity index (χ4n) is 3.89. The molecule has 4 N–H and O–H groups in total. The molecular weight excluding hydrogens is 340 g/mol. The second-order valence-electron chi connectivity index (χ2n) is 7.51. The summed E-state index contributed by atoms with van der Waals surface area (Å²) in [6.07, 6.45) is 2.56. The van der Waals surface area contributed by atoms with Crippen molar-refractivity contribution in [1.29, 1.82) is 0 Å². The summed E-state index contributed by atoms with van der Waals surface area (Å²) in [7, 11) is 0. The number of primary amides is 1. The fourth-order valence-corrected chi connectivity index (χ4v) is 3.89. The first kappa shape index (κ1) is 19.4. The highest BCUT2D eigenvalue weighted by molar-refractivity contribution is 5.95. The third kappa shape index (κ3) is 4.67. The second kappa shape index (κ2) is 8.55. The van der Waals surface area contributed by atoms with Gasteiger partial charge in [0.25, 0.3) is 5.91 Å². The first-order valence-electron chi connectivity index (χ1n) is 9.54. The number of nitrogens with zero attached hydrogens (tertiary/aromatic N) is 1. The predicted octanol–water partition coefficient (Wildman–Crippen LogP) is 2.87. The Labute approximate surface area is 160 Å². The number of nitrogens with two attached hydrogens (primary N) is 1. The molecule has 5 nitrogen and oxygen atoms in total. The highest BCUT2D eigenvalue weighted by Crippen LogP contribution is 2.29. The van der Waals surface area contributed by atoms with Crippen LogP contribution in [0.2, 0.25) is 0 Å². The summed E-state index contributed by atoms with van der Waals surface area (Å²) in [5, 5.41) is 20.6. The molecular formula is C22H28N2O3. The van der Waals surface area contributed by atoms with E-state index in [1.807, 2.05) is 13.0 Å². The Morgan fingerprint density at radius 1 is 1.19 bits per heavy atom. The molecule has 2 aromatic rings. The van der Waals surface area contributed by atoms with Crippen LogP contribution in [-0.2, 0) is 6.42 Å². The van der Waals surface area contributed by atoms with E-state index in [0.29, 0.717) is 5.92 Å². The molecule has 27 heavy (non-hydrogen) atoms. The molecule has 0 spiro atoms. The van der Waals surface area contributed by atoms with Gasteiger partial charge < -0.3 is 15.9 Å². The molecule has 1 heterocycles. The quantitative estimate of drug-likeness (QED) is 0.732. The molecule has 0 aromatic heterocycles. The van der Waals surface area contributed by atoms with E-state index in [9.17, 15) is 15.0 Å². The number of carbonyl (C=O) groups is 1. The van der Waals surface area contributed by atoms with Crippen LogP contribution in [0, 0.1) is 5.92 Å². The summed E-state index contributed by atoms with van der Waals surface area (Å²) in [6.45, 7) is 3.63. The zero-order valence-electron chi connectivity index (χ0n) is 15.7. The number of hydrogen-bond acceptors (Lipinski definition) is 4. The van der Waals surface area contributed by atoms with Crippen LogP contribution in [0.3, 0.4) is 0 Å². The van der Waals surface area contributed by atoms with Crippen LogP contribution < -0.4 is 5.73 Å². The summed E-state index contributed by atoms with van der Waals surface area (Å²) in [5.41, 5.74) is 7.56. The average molecular weight is 368 g/mol. The molecule has 0 bridgehead atoms. The number of hydrogen-bond donors (Lipinski definition) is 3. The third-order valence-corrected chi connectivity index (χ3v) is 5.65. The van der Waals surface area contributed by atoms with Crippen molar-refractivity contribution in [3.05, 3.63) is 65.2 Å². The third-order valence-electron chi connectivity index (χ3n) is 5.65. The lowest BCUT2D eigenvalue weighted by Gasteiger charge is -2.37. The number of likely N-dealkylation sites (tertiary alicyclic amines) is 1. The molecule has 5 heteroatoms. The van der Waals surface area contributed by atoms with Gasteiger partial charge in [0, 0.05) is 19.0 Å². The Balaban J connectivity index is 1.59. The highest BCUT2D eigenvalue weighted by Gasteiger charge is 2.28. The van der Waals surface area contributed by atoms with Crippen LogP contribution in [-0.4, -0.2) is 40.3 Å². The number of aliphatic hydroxyl groups is 1. The minimum atomic E-state index is -0.669. The van der Waals surface area contributed by atoms with E-state index in [2.05, 4.69) is 29.2 Å². The molecule has 1 aliphatic rings. The van der Waals surface area contributed by atoms with Crippen molar-refractivity contribution < 1.29 is 15.0 Å². The van der Waals surface area contributed by atoms with Crippen molar-refractivity contribution in [3.63, 3.8) is 0 Å². The van der Waals surface area contributed by atoms with E-state index in [0.717, 1.165) is 37.9 Å². The summed E-state index contributed by atoms with van der Waals surface area (Å²) >= 11 is 0.